The summed E-state index contributed by atoms with van der Waals surface area (Å²) in [5.74, 6) is 1.32. The van der Waals surface area contributed by atoms with Crippen LogP contribution < -0.4 is 20.1 Å². The Balaban J connectivity index is 1.43. The van der Waals surface area contributed by atoms with E-state index in [0.29, 0.717) is 30.4 Å². The van der Waals surface area contributed by atoms with Gasteiger partial charge in [-0.15, -0.1) is 0 Å². The van der Waals surface area contributed by atoms with Gasteiger partial charge in [0, 0.05) is 5.69 Å². The van der Waals surface area contributed by atoms with E-state index in [4.69, 9.17) is 9.47 Å². The molecule has 8 heteroatoms. The number of alkyl halides is 3. The second-order valence-corrected chi connectivity index (χ2v) is 6.59. The summed E-state index contributed by atoms with van der Waals surface area (Å²) in [6, 6.07) is 9.42. The maximum Gasteiger partial charge on any atom is 0.416 e. The quantitative estimate of drug-likeness (QED) is 0.838. The summed E-state index contributed by atoms with van der Waals surface area (Å²) in [6.07, 6.45) is -2.86. The minimum atomic E-state index is -4.41. The number of amides is 2. The van der Waals surface area contributed by atoms with Crippen molar-refractivity contribution >= 4 is 11.7 Å². The van der Waals surface area contributed by atoms with E-state index in [1.54, 1.807) is 0 Å². The van der Waals surface area contributed by atoms with E-state index in [-0.39, 0.29) is 0 Å². The molecular weight excluding hydrogens is 361 g/mol. The van der Waals surface area contributed by atoms with Gasteiger partial charge in [0.25, 0.3) is 0 Å². The van der Waals surface area contributed by atoms with Gasteiger partial charge in [-0.1, -0.05) is 6.07 Å². The number of urea groups is 1. The molecule has 1 aliphatic heterocycles. The highest BCUT2D eigenvalue weighted by Crippen LogP contribution is 2.47. The van der Waals surface area contributed by atoms with Gasteiger partial charge in [-0.2, -0.15) is 13.2 Å². The van der Waals surface area contributed by atoms with Crippen molar-refractivity contribution in [3.8, 4) is 11.5 Å². The van der Waals surface area contributed by atoms with Crippen LogP contribution in [0.4, 0.5) is 23.7 Å². The van der Waals surface area contributed by atoms with Gasteiger partial charge in [0.15, 0.2) is 11.5 Å². The Morgan fingerprint density at radius 3 is 2.26 bits per heavy atom. The molecule has 27 heavy (non-hydrogen) atoms. The highest BCUT2D eigenvalue weighted by molar-refractivity contribution is 5.90. The Morgan fingerprint density at radius 2 is 1.63 bits per heavy atom. The van der Waals surface area contributed by atoms with Crippen LogP contribution in [0.25, 0.3) is 0 Å². The van der Waals surface area contributed by atoms with E-state index in [1.807, 2.05) is 18.2 Å². The number of halogens is 3. The summed E-state index contributed by atoms with van der Waals surface area (Å²) in [5, 5.41) is 5.49. The molecule has 0 aromatic heterocycles. The van der Waals surface area contributed by atoms with Gasteiger partial charge in [0.2, 0.25) is 0 Å². The first-order valence-corrected chi connectivity index (χ1v) is 8.52. The number of benzene rings is 2. The van der Waals surface area contributed by atoms with Crippen LogP contribution in [0, 0.1) is 0 Å². The minimum Gasteiger partial charge on any atom is -0.486 e. The smallest absolute Gasteiger partial charge is 0.416 e. The molecule has 0 atom stereocenters. The Morgan fingerprint density at radius 1 is 0.963 bits per heavy atom. The number of nitrogens with one attached hydrogen (secondary N) is 2. The van der Waals surface area contributed by atoms with Crippen molar-refractivity contribution in [3.05, 3.63) is 53.6 Å². The van der Waals surface area contributed by atoms with Gasteiger partial charge in [-0.3, -0.25) is 0 Å². The predicted molar refractivity (Wildman–Crippen MR) is 91.9 cm³/mol. The lowest BCUT2D eigenvalue weighted by Gasteiger charge is -2.23. The molecule has 0 saturated heterocycles. The molecule has 1 saturated carbocycles. The zero-order valence-electron chi connectivity index (χ0n) is 14.2. The normalized spacial score (nSPS) is 17.1. The molecule has 0 unspecified atom stereocenters. The third kappa shape index (κ3) is 3.65. The molecule has 1 aliphatic carbocycles. The maximum atomic E-state index is 12.6. The molecule has 142 valence electrons. The first-order valence-electron chi connectivity index (χ1n) is 8.52. The molecule has 4 rings (SSSR count). The first kappa shape index (κ1) is 17.5. The van der Waals surface area contributed by atoms with E-state index in [9.17, 15) is 18.0 Å². The molecule has 2 aliphatic rings. The van der Waals surface area contributed by atoms with Gasteiger partial charge in [0.1, 0.15) is 13.2 Å². The molecule has 1 fully saturated rings. The van der Waals surface area contributed by atoms with Crippen molar-refractivity contribution in [3.63, 3.8) is 0 Å². The number of fused-ring (bicyclic) bond motifs is 1. The molecule has 2 aromatic carbocycles. The number of carbonyl (C=O) groups excluding carboxylic acids is 1. The maximum absolute atomic E-state index is 12.6. The van der Waals surface area contributed by atoms with Crippen LogP contribution in [0.3, 0.4) is 0 Å². The molecule has 0 spiro atoms. The van der Waals surface area contributed by atoms with Gasteiger partial charge < -0.3 is 20.1 Å². The van der Waals surface area contributed by atoms with Crippen LogP contribution >= 0.6 is 0 Å². The Bertz CT molecular complexity index is 861. The minimum absolute atomic E-state index is 0.290. The third-order valence-electron chi connectivity index (χ3n) is 4.67. The molecule has 1 heterocycles. The third-order valence-corrected chi connectivity index (χ3v) is 4.67. The van der Waals surface area contributed by atoms with Crippen LogP contribution in [0.2, 0.25) is 0 Å². The summed E-state index contributed by atoms with van der Waals surface area (Å²) in [4.78, 5) is 12.3. The molecular formula is C19H17F3N2O3. The summed E-state index contributed by atoms with van der Waals surface area (Å²) in [6.45, 7) is 0.983. The largest absolute Gasteiger partial charge is 0.486 e. The topological polar surface area (TPSA) is 59.6 Å². The molecule has 0 radical (unpaired) electrons. The number of hydrogen-bond donors (Lipinski definition) is 2. The van der Waals surface area contributed by atoms with E-state index < -0.39 is 23.3 Å². The first-order chi connectivity index (χ1) is 12.9. The Labute approximate surface area is 153 Å². The highest BCUT2D eigenvalue weighted by atomic mass is 19.4. The zero-order valence-corrected chi connectivity index (χ0v) is 14.2. The number of rotatable bonds is 3. The lowest BCUT2D eigenvalue weighted by atomic mass is 10.0. The summed E-state index contributed by atoms with van der Waals surface area (Å²) in [5.41, 5.74) is -0.0533. The monoisotopic (exact) mass is 378 g/mol. The van der Waals surface area contributed by atoms with Crippen molar-refractivity contribution in [2.45, 2.75) is 24.6 Å². The van der Waals surface area contributed by atoms with Gasteiger partial charge in [0.05, 0.1) is 11.1 Å². The lowest BCUT2D eigenvalue weighted by Crippen LogP contribution is -2.38. The summed E-state index contributed by atoms with van der Waals surface area (Å²) < 4.78 is 48.9. The predicted octanol–water partition coefficient (Wildman–Crippen LogP) is 4.29. The Kier molecular flexibility index (Phi) is 4.13. The standard InChI is InChI=1S/C19H17F3N2O3/c20-19(21,22)12-1-4-14(5-2-12)23-17(25)24-18(7-8-18)13-3-6-15-16(11-13)27-10-9-26-15/h1-6,11H,7-10H2,(H2,23,24,25). The van der Waals surface area contributed by atoms with Crippen molar-refractivity contribution in [1.82, 2.24) is 5.32 Å². The second kappa shape index (κ2) is 6.37. The molecule has 2 aromatic rings. The lowest BCUT2D eigenvalue weighted by molar-refractivity contribution is -0.137. The van der Waals surface area contributed by atoms with E-state index >= 15 is 0 Å². The van der Waals surface area contributed by atoms with E-state index in [2.05, 4.69) is 10.6 Å². The van der Waals surface area contributed by atoms with Gasteiger partial charge in [-0.05, 0) is 54.8 Å². The zero-order chi connectivity index (χ0) is 19.1. The molecule has 0 bridgehead atoms. The number of carbonyl (C=O) groups is 1. The fourth-order valence-electron chi connectivity index (χ4n) is 3.07. The van der Waals surface area contributed by atoms with Crippen LogP contribution in [0.15, 0.2) is 42.5 Å². The fourth-order valence-corrected chi connectivity index (χ4v) is 3.07. The summed E-state index contributed by atoms with van der Waals surface area (Å²) in [7, 11) is 0. The van der Waals surface area contributed by atoms with Crippen molar-refractivity contribution in [2.24, 2.45) is 0 Å². The second-order valence-electron chi connectivity index (χ2n) is 6.59. The van der Waals surface area contributed by atoms with Crippen LogP contribution in [0.1, 0.15) is 24.0 Å². The van der Waals surface area contributed by atoms with Gasteiger partial charge in [-0.25, -0.2) is 4.79 Å². The number of hydrogen-bond acceptors (Lipinski definition) is 3. The van der Waals surface area contributed by atoms with Crippen molar-refractivity contribution < 1.29 is 27.4 Å². The molecule has 2 amide bonds. The molecule has 5 nitrogen and oxygen atoms in total. The number of ether oxygens (including phenoxy) is 2. The highest BCUT2D eigenvalue weighted by Gasteiger charge is 2.46. The van der Waals surface area contributed by atoms with Crippen LogP contribution in [0.5, 0.6) is 11.5 Å². The fraction of sp³-hybridized carbons (Fsp3) is 0.316. The average molecular weight is 378 g/mol. The van der Waals surface area contributed by atoms with Crippen LogP contribution in [-0.2, 0) is 11.7 Å². The van der Waals surface area contributed by atoms with Crippen LogP contribution in [-0.4, -0.2) is 19.2 Å². The average Bonchev–Trinajstić information content (AvgIpc) is 3.41. The summed E-state index contributed by atoms with van der Waals surface area (Å²) >= 11 is 0. The van der Waals surface area contributed by atoms with Crippen molar-refractivity contribution in [2.75, 3.05) is 18.5 Å². The number of anilines is 1. The Hall–Kier alpha value is -2.90. The van der Waals surface area contributed by atoms with E-state index in [0.717, 1.165) is 30.5 Å². The van der Waals surface area contributed by atoms with Gasteiger partial charge >= 0.3 is 12.2 Å². The van der Waals surface area contributed by atoms with E-state index in [1.165, 1.54) is 12.1 Å². The SMILES string of the molecule is O=C(Nc1ccc(C(F)(F)F)cc1)NC1(c2ccc3c(c2)OCCO3)CC1. The molecule has 2 N–H and O–H groups in total. The van der Waals surface area contributed by atoms with Crippen molar-refractivity contribution in [1.29, 1.82) is 0 Å².